The van der Waals surface area contributed by atoms with Gasteiger partial charge in [0.25, 0.3) is 0 Å². The van der Waals surface area contributed by atoms with Gasteiger partial charge in [0.05, 0.1) is 4.90 Å². The van der Waals surface area contributed by atoms with Crippen LogP contribution in [0, 0.1) is 0 Å². The van der Waals surface area contributed by atoms with Crippen LogP contribution in [0.3, 0.4) is 0 Å². The van der Waals surface area contributed by atoms with E-state index in [1.807, 2.05) is 91.0 Å². The van der Waals surface area contributed by atoms with Gasteiger partial charge < -0.3 is 8.74 Å². The zero-order chi connectivity index (χ0) is 27.2. The van der Waals surface area contributed by atoms with Crippen LogP contribution in [0.1, 0.15) is 17.5 Å². The summed E-state index contributed by atoms with van der Waals surface area (Å²) in [5.41, 5.74) is 3.21. The molecule has 1 aliphatic rings. The quantitative estimate of drug-likeness (QED) is 0.179. The number of fused-ring (bicyclic) bond motifs is 2. The first-order valence-electron chi connectivity index (χ1n) is 12.5. The number of rotatable bonds is 6. The van der Waals surface area contributed by atoms with Crippen molar-refractivity contribution in [3.05, 3.63) is 114 Å². The summed E-state index contributed by atoms with van der Waals surface area (Å²) in [4.78, 5) is -0.300. The molecule has 1 aliphatic carbocycles. The highest BCUT2D eigenvalue weighted by Crippen LogP contribution is 2.44. The maximum absolute atomic E-state index is 14.3. The lowest BCUT2D eigenvalue weighted by Crippen LogP contribution is -2.15. The van der Waals surface area contributed by atoms with Crippen molar-refractivity contribution in [2.45, 2.75) is 29.1 Å². The SMILES string of the molecule is O=S(=O)([O-])c1ccc(OS(=O)(=O)c2c(-c3ccccc3)cc3ccccc3c2-c2ccccc2)c2c1CCC2. The third kappa shape index (κ3) is 4.61. The van der Waals surface area contributed by atoms with Gasteiger partial charge in [-0.3, -0.25) is 0 Å². The van der Waals surface area contributed by atoms with Crippen LogP contribution in [0.2, 0.25) is 0 Å². The first kappa shape index (κ1) is 25.3. The molecular weight excluding hydrogens is 532 g/mol. The molecule has 0 unspecified atom stereocenters. The van der Waals surface area contributed by atoms with Crippen LogP contribution in [-0.2, 0) is 33.1 Å². The van der Waals surface area contributed by atoms with Gasteiger partial charge in [0, 0.05) is 16.7 Å². The second-order valence-electron chi connectivity index (χ2n) is 9.45. The summed E-state index contributed by atoms with van der Waals surface area (Å²) in [6.07, 6.45) is 1.38. The van der Waals surface area contributed by atoms with Gasteiger partial charge in [-0.25, -0.2) is 8.42 Å². The highest BCUT2D eigenvalue weighted by Gasteiger charge is 2.31. The van der Waals surface area contributed by atoms with E-state index in [1.165, 1.54) is 6.07 Å². The Hall–Kier alpha value is -3.98. The highest BCUT2D eigenvalue weighted by atomic mass is 32.2. The molecule has 0 spiro atoms. The molecule has 0 bridgehead atoms. The Bertz CT molecular complexity index is 1930. The second-order valence-corrected chi connectivity index (χ2v) is 12.3. The Morgan fingerprint density at radius 2 is 1.28 bits per heavy atom. The fraction of sp³-hybridized carbons (Fsp3) is 0.0968. The number of hydrogen-bond donors (Lipinski definition) is 0. The van der Waals surface area contributed by atoms with Gasteiger partial charge in [-0.2, -0.15) is 8.42 Å². The second kappa shape index (κ2) is 9.64. The molecule has 0 saturated carbocycles. The van der Waals surface area contributed by atoms with Gasteiger partial charge in [-0.15, -0.1) is 0 Å². The van der Waals surface area contributed by atoms with Crippen molar-refractivity contribution >= 4 is 31.0 Å². The molecule has 5 aromatic carbocycles. The minimum atomic E-state index is -4.71. The Kier molecular flexibility index (Phi) is 6.26. The van der Waals surface area contributed by atoms with Crippen LogP contribution in [0.5, 0.6) is 5.75 Å². The number of benzene rings is 5. The lowest BCUT2D eigenvalue weighted by Gasteiger charge is -2.20. The van der Waals surface area contributed by atoms with E-state index in [2.05, 4.69) is 0 Å². The lowest BCUT2D eigenvalue weighted by molar-refractivity contribution is 0.462. The molecule has 8 heteroatoms. The average molecular weight is 556 g/mol. The van der Waals surface area contributed by atoms with Crippen molar-refractivity contribution in [3.63, 3.8) is 0 Å². The molecule has 5 aromatic rings. The van der Waals surface area contributed by atoms with E-state index in [0.29, 0.717) is 52.6 Å². The summed E-state index contributed by atoms with van der Waals surface area (Å²) in [7, 11) is -9.17. The van der Waals surface area contributed by atoms with E-state index in [4.69, 9.17) is 4.18 Å². The third-order valence-electron chi connectivity index (χ3n) is 7.07. The first-order valence-corrected chi connectivity index (χ1v) is 15.3. The maximum Gasteiger partial charge on any atom is 0.340 e. The molecule has 0 heterocycles. The highest BCUT2D eigenvalue weighted by molar-refractivity contribution is 7.87. The molecule has 0 N–H and O–H groups in total. The molecule has 39 heavy (non-hydrogen) atoms. The molecular formula is C31H23O6S2-. The van der Waals surface area contributed by atoms with E-state index in [-0.39, 0.29) is 15.5 Å². The van der Waals surface area contributed by atoms with Crippen molar-refractivity contribution in [3.8, 4) is 28.0 Å². The third-order valence-corrected chi connectivity index (χ3v) is 9.31. The first-order chi connectivity index (χ1) is 18.7. The summed E-state index contributed by atoms with van der Waals surface area (Å²) >= 11 is 0. The molecule has 0 radical (unpaired) electrons. The molecule has 0 atom stereocenters. The summed E-state index contributed by atoms with van der Waals surface area (Å²) < 4.78 is 69.9. The lowest BCUT2D eigenvalue weighted by atomic mass is 9.93. The Morgan fingerprint density at radius 1 is 0.667 bits per heavy atom. The van der Waals surface area contributed by atoms with Crippen LogP contribution in [-0.4, -0.2) is 21.4 Å². The summed E-state index contributed by atoms with van der Waals surface area (Å²) in [6.45, 7) is 0. The van der Waals surface area contributed by atoms with Crippen LogP contribution < -0.4 is 4.18 Å². The standard InChI is InChI=1S/C31H24O6S2/c32-38(33,34)29-19-18-28(25-16-9-17-26(25)29)37-39(35,36)31-27(21-10-3-1-4-11-21)20-23-14-7-8-15-24(23)30(31)22-12-5-2-6-13-22/h1-8,10-15,18-20H,9,16-17H2,(H,32,33,34)/p-1. The molecule has 0 aliphatic heterocycles. The monoisotopic (exact) mass is 555 g/mol. The van der Waals surface area contributed by atoms with Crippen molar-refractivity contribution in [2.24, 2.45) is 0 Å². The molecule has 0 fully saturated rings. The molecule has 6 nitrogen and oxygen atoms in total. The van der Waals surface area contributed by atoms with E-state index in [1.54, 1.807) is 0 Å². The predicted molar refractivity (Wildman–Crippen MR) is 149 cm³/mol. The van der Waals surface area contributed by atoms with E-state index in [0.717, 1.165) is 16.8 Å². The summed E-state index contributed by atoms with van der Waals surface area (Å²) in [5.74, 6) is 0.0427. The van der Waals surface area contributed by atoms with E-state index < -0.39 is 20.2 Å². The van der Waals surface area contributed by atoms with Crippen molar-refractivity contribution in [2.75, 3.05) is 0 Å². The largest absolute Gasteiger partial charge is 0.744 e. The minimum absolute atomic E-state index is 0.0193. The van der Waals surface area contributed by atoms with Crippen LogP contribution in [0.15, 0.2) is 113 Å². The van der Waals surface area contributed by atoms with Crippen LogP contribution >= 0.6 is 0 Å². The number of hydrogen-bond acceptors (Lipinski definition) is 6. The normalized spacial score (nSPS) is 13.4. The summed E-state index contributed by atoms with van der Waals surface area (Å²) in [6, 6.07) is 30.4. The van der Waals surface area contributed by atoms with Crippen molar-refractivity contribution in [1.29, 1.82) is 0 Å². The topological polar surface area (TPSA) is 101 Å². The Morgan fingerprint density at radius 3 is 1.97 bits per heavy atom. The zero-order valence-corrected chi connectivity index (χ0v) is 22.3. The van der Waals surface area contributed by atoms with Gasteiger partial charge in [-0.05, 0) is 64.9 Å². The van der Waals surface area contributed by atoms with Gasteiger partial charge in [0.15, 0.2) is 0 Å². The fourth-order valence-corrected chi connectivity index (χ4v) is 7.59. The Balaban J connectivity index is 1.64. The molecule has 0 saturated heterocycles. The molecule has 6 rings (SSSR count). The van der Waals surface area contributed by atoms with Gasteiger partial charge in [0.2, 0.25) is 0 Å². The smallest absolute Gasteiger partial charge is 0.340 e. The minimum Gasteiger partial charge on any atom is -0.744 e. The van der Waals surface area contributed by atoms with E-state index >= 15 is 0 Å². The molecule has 0 amide bonds. The zero-order valence-electron chi connectivity index (χ0n) is 20.7. The van der Waals surface area contributed by atoms with Crippen LogP contribution in [0.25, 0.3) is 33.0 Å². The van der Waals surface area contributed by atoms with Gasteiger partial charge in [-0.1, -0.05) is 84.9 Å². The van der Waals surface area contributed by atoms with Crippen molar-refractivity contribution in [1.82, 2.24) is 0 Å². The fourth-order valence-electron chi connectivity index (χ4n) is 5.42. The van der Waals surface area contributed by atoms with E-state index in [9.17, 15) is 21.4 Å². The average Bonchev–Trinajstić information content (AvgIpc) is 3.43. The van der Waals surface area contributed by atoms with Crippen LogP contribution in [0.4, 0.5) is 0 Å². The summed E-state index contributed by atoms with van der Waals surface area (Å²) in [5, 5.41) is 1.63. The van der Waals surface area contributed by atoms with Gasteiger partial charge in [0.1, 0.15) is 20.8 Å². The van der Waals surface area contributed by atoms with Crippen molar-refractivity contribution < 1.29 is 25.6 Å². The predicted octanol–water partition coefficient (Wildman–Crippen LogP) is 6.33. The van der Waals surface area contributed by atoms with Gasteiger partial charge >= 0.3 is 10.1 Å². The molecule has 196 valence electrons. The molecule has 0 aromatic heterocycles. The Labute approximate surface area is 227 Å². The maximum atomic E-state index is 14.3.